The summed E-state index contributed by atoms with van der Waals surface area (Å²) in [6.45, 7) is 6.86. The van der Waals surface area contributed by atoms with Gasteiger partial charge in [0.15, 0.2) is 0 Å². The summed E-state index contributed by atoms with van der Waals surface area (Å²) >= 11 is 0. The minimum absolute atomic E-state index is 0.293. The highest BCUT2D eigenvalue weighted by atomic mass is 16.5. The van der Waals surface area contributed by atoms with Crippen molar-refractivity contribution in [3.8, 4) is 0 Å². The maximum absolute atomic E-state index is 11.5. The molecule has 0 spiro atoms. The van der Waals surface area contributed by atoms with Gasteiger partial charge in [-0.1, -0.05) is 23.8 Å². The van der Waals surface area contributed by atoms with E-state index in [1.165, 1.54) is 11.1 Å². The standard InChI is InChI=1S/C16H22O3/c1-5-19-16(17)11-13(3)15-7-6-12(2)10-14(15)8-9-18-4/h6-7,10-11H,5,8-9H2,1-4H3/b13-11+. The summed E-state index contributed by atoms with van der Waals surface area (Å²) in [5.41, 5.74) is 4.40. The first-order chi connectivity index (χ1) is 9.08. The third-order valence-electron chi connectivity index (χ3n) is 2.88. The summed E-state index contributed by atoms with van der Waals surface area (Å²) in [5.74, 6) is -0.293. The number of methoxy groups -OCH3 is 1. The molecule has 0 N–H and O–H groups in total. The number of esters is 1. The van der Waals surface area contributed by atoms with Crippen molar-refractivity contribution in [2.24, 2.45) is 0 Å². The summed E-state index contributed by atoms with van der Waals surface area (Å²) in [7, 11) is 1.69. The predicted octanol–water partition coefficient (Wildman–Crippen LogP) is 3.15. The second kappa shape index (κ2) is 7.74. The first-order valence-corrected chi connectivity index (χ1v) is 6.52. The molecular formula is C16H22O3. The van der Waals surface area contributed by atoms with E-state index in [2.05, 4.69) is 13.0 Å². The van der Waals surface area contributed by atoms with Crippen LogP contribution in [0.4, 0.5) is 0 Å². The fraction of sp³-hybridized carbons (Fsp3) is 0.438. The highest BCUT2D eigenvalue weighted by Crippen LogP contribution is 2.21. The van der Waals surface area contributed by atoms with Crippen LogP contribution in [0.15, 0.2) is 24.3 Å². The lowest BCUT2D eigenvalue weighted by molar-refractivity contribution is -0.137. The highest BCUT2D eigenvalue weighted by Gasteiger charge is 2.07. The molecule has 3 nitrogen and oxygen atoms in total. The highest BCUT2D eigenvalue weighted by molar-refractivity contribution is 5.91. The molecule has 1 rings (SSSR count). The third-order valence-corrected chi connectivity index (χ3v) is 2.88. The average molecular weight is 262 g/mol. The van der Waals surface area contributed by atoms with Crippen molar-refractivity contribution in [2.45, 2.75) is 27.2 Å². The van der Waals surface area contributed by atoms with Crippen LogP contribution in [0.1, 0.15) is 30.5 Å². The number of hydrogen-bond donors (Lipinski definition) is 0. The first-order valence-electron chi connectivity index (χ1n) is 6.52. The van der Waals surface area contributed by atoms with E-state index in [0.717, 1.165) is 17.6 Å². The predicted molar refractivity (Wildman–Crippen MR) is 77.0 cm³/mol. The van der Waals surface area contributed by atoms with Crippen molar-refractivity contribution >= 4 is 11.5 Å². The molecule has 0 heterocycles. The van der Waals surface area contributed by atoms with E-state index < -0.39 is 0 Å². The van der Waals surface area contributed by atoms with Gasteiger partial charge in [-0.2, -0.15) is 0 Å². The lowest BCUT2D eigenvalue weighted by Crippen LogP contribution is -2.03. The molecule has 0 aliphatic rings. The molecule has 0 aromatic heterocycles. The molecule has 0 aliphatic carbocycles. The molecule has 0 unspecified atom stereocenters. The Balaban J connectivity index is 3.00. The minimum atomic E-state index is -0.293. The maximum atomic E-state index is 11.5. The lowest BCUT2D eigenvalue weighted by atomic mass is 9.96. The van der Waals surface area contributed by atoms with Crippen LogP contribution in [0, 0.1) is 6.92 Å². The van der Waals surface area contributed by atoms with Crippen LogP contribution in [0.3, 0.4) is 0 Å². The van der Waals surface area contributed by atoms with Gasteiger partial charge >= 0.3 is 5.97 Å². The number of aryl methyl sites for hydroxylation is 1. The van der Waals surface area contributed by atoms with Crippen molar-refractivity contribution in [3.63, 3.8) is 0 Å². The molecule has 0 saturated carbocycles. The smallest absolute Gasteiger partial charge is 0.331 e. The molecule has 0 fully saturated rings. The summed E-state index contributed by atoms with van der Waals surface area (Å²) in [6.07, 6.45) is 2.38. The zero-order chi connectivity index (χ0) is 14.3. The van der Waals surface area contributed by atoms with Gasteiger partial charge in [-0.25, -0.2) is 4.79 Å². The third kappa shape index (κ3) is 4.87. The zero-order valence-corrected chi connectivity index (χ0v) is 12.2. The Morgan fingerprint density at radius 2 is 2.11 bits per heavy atom. The van der Waals surface area contributed by atoms with Crippen molar-refractivity contribution in [3.05, 3.63) is 41.0 Å². The van der Waals surface area contributed by atoms with Gasteiger partial charge < -0.3 is 9.47 Å². The number of allylic oxidation sites excluding steroid dienone is 1. The number of carbonyl (C=O) groups excluding carboxylic acids is 1. The second-order valence-electron chi connectivity index (χ2n) is 4.48. The molecule has 1 aromatic carbocycles. The van der Waals surface area contributed by atoms with Crippen molar-refractivity contribution < 1.29 is 14.3 Å². The van der Waals surface area contributed by atoms with E-state index in [1.807, 2.05) is 19.1 Å². The van der Waals surface area contributed by atoms with E-state index in [1.54, 1.807) is 20.1 Å². The minimum Gasteiger partial charge on any atom is -0.463 e. The van der Waals surface area contributed by atoms with Crippen LogP contribution in [0.5, 0.6) is 0 Å². The number of ether oxygens (including phenoxy) is 2. The molecule has 0 saturated heterocycles. The van der Waals surface area contributed by atoms with E-state index in [9.17, 15) is 4.79 Å². The normalized spacial score (nSPS) is 11.5. The Morgan fingerprint density at radius 1 is 1.37 bits per heavy atom. The van der Waals surface area contributed by atoms with Gasteiger partial charge in [-0.15, -0.1) is 0 Å². The van der Waals surface area contributed by atoms with Crippen LogP contribution < -0.4 is 0 Å². The molecule has 19 heavy (non-hydrogen) atoms. The Hall–Kier alpha value is -1.61. The van der Waals surface area contributed by atoms with E-state index in [0.29, 0.717) is 13.2 Å². The number of hydrogen-bond acceptors (Lipinski definition) is 3. The first kappa shape index (κ1) is 15.4. The van der Waals surface area contributed by atoms with Gasteiger partial charge in [0.25, 0.3) is 0 Å². The summed E-state index contributed by atoms with van der Waals surface area (Å²) < 4.78 is 10.1. The molecule has 1 aromatic rings. The Bertz CT molecular complexity index is 461. The van der Waals surface area contributed by atoms with Gasteiger partial charge in [-0.05, 0) is 43.9 Å². The summed E-state index contributed by atoms with van der Waals surface area (Å²) in [5, 5.41) is 0. The van der Waals surface area contributed by atoms with Gasteiger partial charge in [0.1, 0.15) is 0 Å². The van der Waals surface area contributed by atoms with Crippen LogP contribution in [-0.4, -0.2) is 26.3 Å². The summed E-state index contributed by atoms with van der Waals surface area (Å²) in [4.78, 5) is 11.5. The second-order valence-corrected chi connectivity index (χ2v) is 4.48. The largest absolute Gasteiger partial charge is 0.463 e. The van der Waals surface area contributed by atoms with Crippen LogP contribution >= 0.6 is 0 Å². The van der Waals surface area contributed by atoms with E-state index in [4.69, 9.17) is 9.47 Å². The molecule has 104 valence electrons. The number of benzene rings is 1. The molecular weight excluding hydrogens is 240 g/mol. The van der Waals surface area contributed by atoms with Crippen LogP contribution in [0.25, 0.3) is 5.57 Å². The Morgan fingerprint density at radius 3 is 2.74 bits per heavy atom. The molecule has 3 heteroatoms. The molecule has 0 radical (unpaired) electrons. The van der Waals surface area contributed by atoms with Crippen molar-refractivity contribution in [1.82, 2.24) is 0 Å². The van der Waals surface area contributed by atoms with Crippen LogP contribution in [0.2, 0.25) is 0 Å². The molecule has 0 bridgehead atoms. The van der Waals surface area contributed by atoms with Crippen LogP contribution in [-0.2, 0) is 20.7 Å². The van der Waals surface area contributed by atoms with Crippen molar-refractivity contribution in [2.75, 3.05) is 20.3 Å². The van der Waals surface area contributed by atoms with E-state index >= 15 is 0 Å². The average Bonchev–Trinajstić information content (AvgIpc) is 2.36. The van der Waals surface area contributed by atoms with Gasteiger partial charge in [0.2, 0.25) is 0 Å². The molecule has 0 amide bonds. The topological polar surface area (TPSA) is 35.5 Å². The molecule has 0 aliphatic heterocycles. The van der Waals surface area contributed by atoms with Gasteiger partial charge in [0, 0.05) is 13.2 Å². The van der Waals surface area contributed by atoms with Crippen molar-refractivity contribution in [1.29, 1.82) is 0 Å². The fourth-order valence-electron chi connectivity index (χ4n) is 1.96. The van der Waals surface area contributed by atoms with E-state index in [-0.39, 0.29) is 5.97 Å². The number of rotatable bonds is 6. The quantitative estimate of drug-likeness (QED) is 0.583. The van der Waals surface area contributed by atoms with Gasteiger partial charge in [0.05, 0.1) is 13.2 Å². The number of carbonyl (C=O) groups is 1. The zero-order valence-electron chi connectivity index (χ0n) is 12.2. The SMILES string of the molecule is CCOC(=O)/C=C(\C)c1ccc(C)cc1CCOC. The Kier molecular flexibility index (Phi) is 6.30. The maximum Gasteiger partial charge on any atom is 0.331 e. The lowest BCUT2D eigenvalue weighted by Gasteiger charge is -2.11. The van der Waals surface area contributed by atoms with Gasteiger partial charge in [-0.3, -0.25) is 0 Å². The molecule has 0 atom stereocenters. The Labute approximate surface area is 115 Å². The summed E-state index contributed by atoms with van der Waals surface area (Å²) in [6, 6.07) is 6.23. The monoisotopic (exact) mass is 262 g/mol. The fourth-order valence-corrected chi connectivity index (χ4v) is 1.96.